The number of fused-ring (bicyclic) bond motifs is 2. The molecule has 2 aliphatic rings. The SMILES string of the molecule is c1cnc2c(c1)NCC1COCC1N2. The molecule has 0 amide bonds. The molecule has 2 aliphatic heterocycles. The number of pyridine rings is 1. The standard InChI is InChI=1S/C10H13N3O/c1-2-8-10(11-3-1)13-9-6-14-5-7(9)4-12-8/h1-3,7,9,12H,4-6H2,(H,11,13). The molecule has 1 saturated heterocycles. The van der Waals surface area contributed by atoms with Gasteiger partial charge >= 0.3 is 0 Å². The van der Waals surface area contributed by atoms with Crippen LogP contribution in [0.1, 0.15) is 0 Å². The molecule has 14 heavy (non-hydrogen) atoms. The summed E-state index contributed by atoms with van der Waals surface area (Å²) >= 11 is 0. The van der Waals surface area contributed by atoms with Crippen LogP contribution in [0, 0.1) is 5.92 Å². The van der Waals surface area contributed by atoms with Crippen molar-refractivity contribution in [3.8, 4) is 0 Å². The van der Waals surface area contributed by atoms with Crippen molar-refractivity contribution in [3.05, 3.63) is 18.3 Å². The zero-order valence-corrected chi connectivity index (χ0v) is 7.86. The summed E-state index contributed by atoms with van der Waals surface area (Å²) in [4.78, 5) is 4.31. The lowest BCUT2D eigenvalue weighted by Gasteiger charge is -2.14. The summed E-state index contributed by atoms with van der Waals surface area (Å²) in [5.74, 6) is 1.51. The summed E-state index contributed by atoms with van der Waals surface area (Å²) in [6.07, 6.45) is 1.81. The van der Waals surface area contributed by atoms with Crippen molar-refractivity contribution >= 4 is 11.5 Å². The van der Waals surface area contributed by atoms with E-state index in [0.29, 0.717) is 12.0 Å². The van der Waals surface area contributed by atoms with Crippen molar-refractivity contribution in [3.63, 3.8) is 0 Å². The van der Waals surface area contributed by atoms with Crippen LogP contribution in [0.2, 0.25) is 0 Å². The molecular formula is C10H13N3O. The fourth-order valence-corrected chi connectivity index (χ4v) is 2.04. The molecule has 0 spiro atoms. The van der Waals surface area contributed by atoms with E-state index in [1.165, 1.54) is 0 Å². The molecule has 4 heteroatoms. The van der Waals surface area contributed by atoms with Crippen LogP contribution in [0.3, 0.4) is 0 Å². The Morgan fingerprint density at radius 1 is 1.43 bits per heavy atom. The Bertz CT molecular complexity index is 342. The van der Waals surface area contributed by atoms with Crippen LogP contribution in [0.15, 0.2) is 18.3 Å². The van der Waals surface area contributed by atoms with E-state index in [0.717, 1.165) is 31.3 Å². The topological polar surface area (TPSA) is 46.2 Å². The van der Waals surface area contributed by atoms with Crippen LogP contribution >= 0.6 is 0 Å². The minimum absolute atomic E-state index is 0.415. The second-order valence-electron chi connectivity index (χ2n) is 3.83. The highest BCUT2D eigenvalue weighted by molar-refractivity contribution is 5.65. The maximum absolute atomic E-state index is 5.43. The van der Waals surface area contributed by atoms with Crippen molar-refractivity contribution < 1.29 is 4.74 Å². The van der Waals surface area contributed by atoms with Gasteiger partial charge < -0.3 is 15.4 Å². The van der Waals surface area contributed by atoms with Gasteiger partial charge in [0, 0.05) is 18.7 Å². The summed E-state index contributed by atoms with van der Waals surface area (Å²) in [6.45, 7) is 2.61. The van der Waals surface area contributed by atoms with Crippen molar-refractivity contribution in [2.75, 3.05) is 30.4 Å². The number of aromatic nitrogens is 1. The molecule has 1 aromatic rings. The molecule has 0 aliphatic carbocycles. The van der Waals surface area contributed by atoms with Crippen LogP contribution in [-0.4, -0.2) is 30.8 Å². The Morgan fingerprint density at radius 3 is 3.43 bits per heavy atom. The molecule has 2 N–H and O–H groups in total. The quantitative estimate of drug-likeness (QED) is 0.640. The molecule has 2 atom stereocenters. The Hall–Kier alpha value is -1.29. The predicted octanol–water partition coefficient (Wildman–Crippen LogP) is 0.934. The molecular weight excluding hydrogens is 178 g/mol. The highest BCUT2D eigenvalue weighted by Gasteiger charge is 2.30. The first-order chi connectivity index (χ1) is 6.93. The minimum atomic E-state index is 0.415. The second kappa shape index (κ2) is 3.13. The van der Waals surface area contributed by atoms with Gasteiger partial charge in [-0.3, -0.25) is 0 Å². The zero-order chi connectivity index (χ0) is 9.38. The van der Waals surface area contributed by atoms with Crippen molar-refractivity contribution in [1.29, 1.82) is 0 Å². The van der Waals surface area contributed by atoms with Crippen LogP contribution < -0.4 is 10.6 Å². The number of hydrogen-bond acceptors (Lipinski definition) is 4. The second-order valence-corrected chi connectivity index (χ2v) is 3.83. The number of nitrogens with one attached hydrogen (secondary N) is 2. The molecule has 2 unspecified atom stereocenters. The van der Waals surface area contributed by atoms with Gasteiger partial charge in [-0.15, -0.1) is 0 Å². The smallest absolute Gasteiger partial charge is 0.149 e. The van der Waals surface area contributed by atoms with Gasteiger partial charge in [0.2, 0.25) is 0 Å². The van der Waals surface area contributed by atoms with Crippen LogP contribution in [0.4, 0.5) is 11.5 Å². The third-order valence-corrected chi connectivity index (χ3v) is 2.88. The largest absolute Gasteiger partial charge is 0.382 e. The van der Waals surface area contributed by atoms with Gasteiger partial charge in [0.15, 0.2) is 0 Å². The van der Waals surface area contributed by atoms with Gasteiger partial charge in [0.05, 0.1) is 24.9 Å². The highest BCUT2D eigenvalue weighted by atomic mass is 16.5. The van der Waals surface area contributed by atoms with Gasteiger partial charge in [-0.25, -0.2) is 4.98 Å². The molecule has 0 saturated carbocycles. The molecule has 1 aromatic heterocycles. The molecule has 1 fully saturated rings. The summed E-state index contributed by atoms with van der Waals surface area (Å²) in [6, 6.07) is 4.42. The first-order valence-corrected chi connectivity index (χ1v) is 4.96. The number of nitrogens with zero attached hydrogens (tertiary/aromatic N) is 1. The molecule has 3 rings (SSSR count). The Kier molecular flexibility index (Phi) is 1.80. The van der Waals surface area contributed by atoms with Gasteiger partial charge in [0.1, 0.15) is 5.82 Å². The highest BCUT2D eigenvalue weighted by Crippen LogP contribution is 2.27. The van der Waals surface area contributed by atoms with E-state index in [1.54, 1.807) is 0 Å². The van der Waals surface area contributed by atoms with Gasteiger partial charge in [-0.05, 0) is 12.1 Å². The number of hydrogen-bond donors (Lipinski definition) is 2. The fourth-order valence-electron chi connectivity index (χ4n) is 2.04. The first-order valence-electron chi connectivity index (χ1n) is 4.96. The zero-order valence-electron chi connectivity index (χ0n) is 7.86. The van der Waals surface area contributed by atoms with Crippen LogP contribution in [0.5, 0.6) is 0 Å². The monoisotopic (exact) mass is 191 g/mol. The number of ether oxygens (including phenoxy) is 1. The van der Waals surface area contributed by atoms with E-state index in [9.17, 15) is 0 Å². The Morgan fingerprint density at radius 2 is 2.43 bits per heavy atom. The Balaban J connectivity index is 1.93. The van der Waals surface area contributed by atoms with E-state index in [2.05, 4.69) is 21.7 Å². The summed E-state index contributed by atoms with van der Waals surface area (Å²) < 4.78 is 5.43. The van der Waals surface area contributed by atoms with E-state index >= 15 is 0 Å². The lowest BCUT2D eigenvalue weighted by atomic mass is 10.1. The lowest BCUT2D eigenvalue weighted by Crippen LogP contribution is -2.29. The fraction of sp³-hybridized carbons (Fsp3) is 0.500. The average molecular weight is 191 g/mol. The predicted molar refractivity (Wildman–Crippen MR) is 54.4 cm³/mol. The van der Waals surface area contributed by atoms with Crippen molar-refractivity contribution in [2.45, 2.75) is 6.04 Å². The summed E-state index contributed by atoms with van der Waals surface area (Å²) in [7, 11) is 0. The maximum atomic E-state index is 5.43. The van der Waals surface area contributed by atoms with Gasteiger partial charge in [-0.2, -0.15) is 0 Å². The lowest BCUT2D eigenvalue weighted by molar-refractivity contribution is 0.186. The Labute approximate surface area is 82.7 Å². The van der Waals surface area contributed by atoms with Crippen LogP contribution in [0.25, 0.3) is 0 Å². The summed E-state index contributed by atoms with van der Waals surface area (Å²) in [5.41, 5.74) is 1.10. The van der Waals surface area contributed by atoms with Gasteiger partial charge in [0.25, 0.3) is 0 Å². The van der Waals surface area contributed by atoms with Crippen molar-refractivity contribution in [2.24, 2.45) is 5.92 Å². The van der Waals surface area contributed by atoms with E-state index < -0.39 is 0 Å². The molecule has 74 valence electrons. The average Bonchev–Trinajstić information content (AvgIpc) is 2.58. The third kappa shape index (κ3) is 1.23. The minimum Gasteiger partial charge on any atom is -0.382 e. The first kappa shape index (κ1) is 8.05. The number of rotatable bonds is 0. The van der Waals surface area contributed by atoms with E-state index in [-0.39, 0.29) is 0 Å². The summed E-state index contributed by atoms with van der Waals surface area (Å²) in [5, 5.41) is 6.81. The molecule has 4 nitrogen and oxygen atoms in total. The van der Waals surface area contributed by atoms with Crippen molar-refractivity contribution in [1.82, 2.24) is 4.98 Å². The van der Waals surface area contributed by atoms with Crippen LogP contribution in [-0.2, 0) is 4.74 Å². The number of anilines is 2. The molecule has 0 aromatic carbocycles. The molecule has 0 radical (unpaired) electrons. The van der Waals surface area contributed by atoms with E-state index in [1.807, 2.05) is 12.3 Å². The molecule has 3 heterocycles. The maximum Gasteiger partial charge on any atom is 0.149 e. The normalized spacial score (nSPS) is 29.4. The van der Waals surface area contributed by atoms with E-state index in [4.69, 9.17) is 4.74 Å². The molecule has 0 bridgehead atoms. The third-order valence-electron chi connectivity index (χ3n) is 2.88. The van der Waals surface area contributed by atoms with Gasteiger partial charge in [-0.1, -0.05) is 0 Å².